The molecular weight excluding hydrogens is 418 g/mol. The molecule has 3 rings (SSSR count). The first-order valence-electron chi connectivity index (χ1n) is 10.2. The second-order valence-corrected chi connectivity index (χ2v) is 7.35. The highest BCUT2D eigenvalue weighted by Gasteiger charge is 2.27. The number of hydrogen-bond acceptors (Lipinski definition) is 5. The molecule has 9 heteroatoms. The molecule has 2 aromatic carbocycles. The van der Waals surface area contributed by atoms with Gasteiger partial charge in [0.2, 0.25) is 5.91 Å². The third-order valence-corrected chi connectivity index (χ3v) is 5.39. The van der Waals surface area contributed by atoms with Crippen molar-refractivity contribution in [1.29, 1.82) is 5.26 Å². The van der Waals surface area contributed by atoms with Gasteiger partial charge in [0.25, 0.3) is 5.91 Å². The van der Waals surface area contributed by atoms with Crippen molar-refractivity contribution >= 4 is 11.8 Å². The van der Waals surface area contributed by atoms with E-state index < -0.39 is 23.6 Å². The molecule has 0 bridgehead atoms. The Labute approximate surface area is 185 Å². The summed E-state index contributed by atoms with van der Waals surface area (Å²) in [7, 11) is 1.58. The average Bonchev–Trinajstić information content (AvgIpc) is 2.80. The monoisotopic (exact) mass is 442 g/mol. The Hall–Kier alpha value is -3.51. The van der Waals surface area contributed by atoms with Crippen LogP contribution in [-0.2, 0) is 4.79 Å². The molecule has 1 aliphatic rings. The third-order valence-electron chi connectivity index (χ3n) is 5.39. The lowest BCUT2D eigenvalue weighted by Crippen LogP contribution is -2.50. The van der Waals surface area contributed by atoms with Gasteiger partial charge >= 0.3 is 0 Å². The number of ether oxygens (including phenoxy) is 1. The molecule has 32 heavy (non-hydrogen) atoms. The van der Waals surface area contributed by atoms with Crippen LogP contribution < -0.4 is 10.1 Å². The smallest absolute Gasteiger partial charge is 0.254 e. The molecule has 0 aliphatic carbocycles. The van der Waals surface area contributed by atoms with Crippen molar-refractivity contribution in [2.75, 3.05) is 39.8 Å². The summed E-state index contributed by atoms with van der Waals surface area (Å²) in [6, 6.07) is 12.0. The van der Waals surface area contributed by atoms with Gasteiger partial charge in [-0.2, -0.15) is 5.26 Å². The number of piperazine rings is 1. The fourth-order valence-corrected chi connectivity index (χ4v) is 3.59. The van der Waals surface area contributed by atoms with E-state index in [1.165, 1.54) is 0 Å². The number of nitrogens with one attached hydrogen (secondary N) is 1. The molecule has 1 atom stereocenters. The van der Waals surface area contributed by atoms with Crippen molar-refractivity contribution in [2.45, 2.75) is 12.5 Å². The summed E-state index contributed by atoms with van der Waals surface area (Å²) < 4.78 is 31.8. The maximum atomic E-state index is 13.7. The number of halogens is 2. The van der Waals surface area contributed by atoms with Crippen LogP contribution in [0.15, 0.2) is 42.5 Å². The van der Waals surface area contributed by atoms with Gasteiger partial charge in [0.15, 0.2) is 0 Å². The first kappa shape index (κ1) is 23.2. The minimum atomic E-state index is -0.950. The quantitative estimate of drug-likeness (QED) is 0.712. The maximum absolute atomic E-state index is 13.7. The molecule has 0 saturated carbocycles. The molecule has 2 aromatic rings. The zero-order valence-electron chi connectivity index (χ0n) is 17.7. The SMILES string of the molecule is COc1ccc(C(C#N)N2CCN(C(=O)CCNC(=O)c3ccc(F)cc3F)CC2)cc1. The molecule has 7 nitrogen and oxygen atoms in total. The summed E-state index contributed by atoms with van der Waals surface area (Å²) in [5.41, 5.74) is 0.595. The Morgan fingerprint density at radius 1 is 1.12 bits per heavy atom. The van der Waals surface area contributed by atoms with E-state index in [4.69, 9.17) is 4.74 Å². The van der Waals surface area contributed by atoms with Crippen LogP contribution in [-0.4, -0.2) is 61.4 Å². The van der Waals surface area contributed by atoms with E-state index >= 15 is 0 Å². The number of rotatable bonds is 7. The van der Waals surface area contributed by atoms with Crippen molar-refractivity contribution in [3.05, 3.63) is 65.2 Å². The van der Waals surface area contributed by atoms with Crippen LogP contribution >= 0.6 is 0 Å². The summed E-state index contributed by atoms with van der Waals surface area (Å²) in [6.07, 6.45) is 0.0642. The highest BCUT2D eigenvalue weighted by atomic mass is 19.1. The topological polar surface area (TPSA) is 85.7 Å². The Balaban J connectivity index is 1.46. The number of carbonyl (C=O) groups is 2. The van der Waals surface area contributed by atoms with Gasteiger partial charge in [-0.3, -0.25) is 14.5 Å². The number of benzene rings is 2. The van der Waals surface area contributed by atoms with Gasteiger partial charge in [-0.15, -0.1) is 0 Å². The molecule has 1 saturated heterocycles. The van der Waals surface area contributed by atoms with E-state index in [1.807, 2.05) is 29.2 Å². The van der Waals surface area contributed by atoms with Crippen molar-refractivity contribution < 1.29 is 23.1 Å². The summed E-state index contributed by atoms with van der Waals surface area (Å²) in [5.74, 6) is -1.83. The molecular formula is C23H24F2N4O3. The Morgan fingerprint density at radius 2 is 1.81 bits per heavy atom. The second-order valence-electron chi connectivity index (χ2n) is 7.35. The Bertz CT molecular complexity index is 999. The normalized spacial score (nSPS) is 15.0. The van der Waals surface area contributed by atoms with Crippen LogP contribution in [0, 0.1) is 23.0 Å². The molecule has 1 unspecified atom stereocenters. The molecule has 0 spiro atoms. The predicted molar refractivity (Wildman–Crippen MR) is 113 cm³/mol. The molecule has 1 heterocycles. The van der Waals surface area contributed by atoms with E-state index in [1.54, 1.807) is 12.0 Å². The van der Waals surface area contributed by atoms with Gasteiger partial charge in [0.05, 0.1) is 18.7 Å². The fourth-order valence-electron chi connectivity index (χ4n) is 3.59. The maximum Gasteiger partial charge on any atom is 0.254 e. The third kappa shape index (κ3) is 5.59. The van der Waals surface area contributed by atoms with Crippen LogP contribution in [0.1, 0.15) is 28.4 Å². The molecule has 2 amide bonds. The lowest BCUT2D eigenvalue weighted by Gasteiger charge is -2.37. The van der Waals surface area contributed by atoms with E-state index in [0.29, 0.717) is 32.2 Å². The first-order valence-corrected chi connectivity index (χ1v) is 10.2. The van der Waals surface area contributed by atoms with Crippen LogP contribution in [0.2, 0.25) is 0 Å². The van der Waals surface area contributed by atoms with Gasteiger partial charge in [0, 0.05) is 45.2 Å². The van der Waals surface area contributed by atoms with Gasteiger partial charge in [-0.1, -0.05) is 12.1 Å². The van der Waals surface area contributed by atoms with Crippen molar-refractivity contribution in [3.63, 3.8) is 0 Å². The van der Waals surface area contributed by atoms with Gasteiger partial charge < -0.3 is 15.0 Å². The largest absolute Gasteiger partial charge is 0.497 e. The van der Waals surface area contributed by atoms with Crippen LogP contribution in [0.3, 0.4) is 0 Å². The number of nitrogens with zero attached hydrogens (tertiary/aromatic N) is 3. The standard InChI is InChI=1S/C23H24F2N4O3/c1-32-18-5-2-16(3-6-18)21(15-26)28-10-12-29(13-11-28)22(30)8-9-27-23(31)19-7-4-17(24)14-20(19)25/h2-7,14,21H,8-13H2,1H3,(H,27,31). The number of hydrogen-bond donors (Lipinski definition) is 1. The fraction of sp³-hybridized carbons (Fsp3) is 0.348. The molecule has 1 N–H and O–H groups in total. The number of amides is 2. The minimum Gasteiger partial charge on any atom is -0.497 e. The van der Waals surface area contributed by atoms with E-state index in [0.717, 1.165) is 23.4 Å². The summed E-state index contributed by atoms with van der Waals surface area (Å²) in [4.78, 5) is 28.2. The Morgan fingerprint density at radius 3 is 2.41 bits per heavy atom. The Kier molecular flexibility index (Phi) is 7.73. The first-order chi connectivity index (χ1) is 15.4. The molecule has 1 fully saturated rings. The highest BCUT2D eigenvalue weighted by Crippen LogP contribution is 2.24. The van der Waals surface area contributed by atoms with Crippen LogP contribution in [0.25, 0.3) is 0 Å². The molecule has 1 aliphatic heterocycles. The van der Waals surface area contributed by atoms with E-state index in [9.17, 15) is 23.6 Å². The lowest BCUT2D eigenvalue weighted by atomic mass is 10.1. The minimum absolute atomic E-state index is 0.0430. The lowest BCUT2D eigenvalue weighted by molar-refractivity contribution is -0.133. The summed E-state index contributed by atoms with van der Waals surface area (Å²) >= 11 is 0. The van der Waals surface area contributed by atoms with Crippen LogP contribution in [0.4, 0.5) is 8.78 Å². The van der Waals surface area contributed by atoms with Crippen molar-refractivity contribution in [1.82, 2.24) is 15.1 Å². The summed E-state index contributed by atoms with van der Waals surface area (Å²) in [5, 5.41) is 12.1. The summed E-state index contributed by atoms with van der Waals surface area (Å²) in [6.45, 7) is 2.06. The second kappa shape index (κ2) is 10.7. The number of carbonyl (C=O) groups excluding carboxylic acids is 2. The van der Waals surface area contributed by atoms with Gasteiger partial charge in [0.1, 0.15) is 23.4 Å². The molecule has 0 radical (unpaired) electrons. The molecule has 0 aromatic heterocycles. The van der Waals surface area contributed by atoms with Gasteiger partial charge in [-0.25, -0.2) is 8.78 Å². The van der Waals surface area contributed by atoms with Crippen molar-refractivity contribution in [2.24, 2.45) is 0 Å². The highest BCUT2D eigenvalue weighted by molar-refractivity contribution is 5.94. The number of nitriles is 1. The van der Waals surface area contributed by atoms with Crippen LogP contribution in [0.5, 0.6) is 5.75 Å². The zero-order chi connectivity index (χ0) is 23.1. The van der Waals surface area contributed by atoms with Crippen molar-refractivity contribution in [3.8, 4) is 11.8 Å². The number of methoxy groups -OCH3 is 1. The zero-order valence-corrected chi connectivity index (χ0v) is 17.7. The van der Waals surface area contributed by atoms with Gasteiger partial charge in [-0.05, 0) is 29.8 Å². The van der Waals surface area contributed by atoms with E-state index in [-0.39, 0.29) is 24.4 Å². The van der Waals surface area contributed by atoms with E-state index in [2.05, 4.69) is 11.4 Å². The molecule has 168 valence electrons. The average molecular weight is 442 g/mol. The predicted octanol–water partition coefficient (Wildman–Crippen LogP) is 2.50.